The fourth-order valence-corrected chi connectivity index (χ4v) is 8.26. The summed E-state index contributed by atoms with van der Waals surface area (Å²) in [4.78, 5) is 26.2. The molecule has 2 unspecified atom stereocenters. The zero-order valence-electron chi connectivity index (χ0n) is 18.3. The lowest BCUT2D eigenvalue weighted by atomic mass is 9.40. The molecule has 152 valence electrons. The molecule has 1 amide bonds. The van der Waals surface area contributed by atoms with Crippen LogP contribution in [0.1, 0.15) is 99.3 Å². The van der Waals surface area contributed by atoms with E-state index in [1.165, 1.54) is 12.8 Å². The Bertz CT molecular complexity index is 678. The summed E-state index contributed by atoms with van der Waals surface area (Å²) in [6, 6.07) is 0. The Morgan fingerprint density at radius 3 is 2.33 bits per heavy atom. The molecule has 1 N–H and O–H groups in total. The van der Waals surface area contributed by atoms with Gasteiger partial charge in [-0.15, -0.1) is 0 Å². The zero-order valence-corrected chi connectivity index (χ0v) is 18.3. The molecule has 6 atom stereocenters. The summed E-state index contributed by atoms with van der Waals surface area (Å²) in [7, 11) is 0. The van der Waals surface area contributed by atoms with Gasteiger partial charge in [0.05, 0.1) is 0 Å². The minimum absolute atomic E-state index is 0.0543. The van der Waals surface area contributed by atoms with Gasteiger partial charge in [-0.2, -0.15) is 0 Å². The summed E-state index contributed by atoms with van der Waals surface area (Å²) >= 11 is 0. The van der Waals surface area contributed by atoms with Crippen LogP contribution in [0.5, 0.6) is 0 Å². The van der Waals surface area contributed by atoms with Gasteiger partial charge in [0.2, 0.25) is 5.91 Å². The lowest BCUT2D eigenvalue weighted by molar-refractivity contribution is -0.171. The zero-order chi connectivity index (χ0) is 19.9. The number of hydrogen-bond donors (Lipinski definition) is 1. The molecule has 4 aliphatic carbocycles. The van der Waals surface area contributed by atoms with Gasteiger partial charge in [-0.3, -0.25) is 9.59 Å². The minimum atomic E-state index is -0.273. The SMILES string of the molecule is CC(C)(C)NC(=O)[C@]1(C)CCC[C@@]2(C)C3CC[C@@]4(C)C[C@]3(CCC21)CC4=O. The first-order chi connectivity index (χ1) is 12.3. The quantitative estimate of drug-likeness (QED) is 0.680. The van der Waals surface area contributed by atoms with Crippen LogP contribution in [0.25, 0.3) is 0 Å². The number of hydrogen-bond acceptors (Lipinski definition) is 2. The average molecular weight is 374 g/mol. The molecule has 0 aliphatic heterocycles. The number of rotatable bonds is 1. The van der Waals surface area contributed by atoms with Crippen molar-refractivity contribution in [2.45, 2.75) is 105 Å². The van der Waals surface area contributed by atoms with Crippen LogP contribution < -0.4 is 5.32 Å². The lowest BCUT2D eigenvalue weighted by Crippen LogP contribution is -2.61. The maximum Gasteiger partial charge on any atom is 0.226 e. The Morgan fingerprint density at radius 1 is 1.00 bits per heavy atom. The summed E-state index contributed by atoms with van der Waals surface area (Å²) in [5.41, 5.74) is -0.0819. The molecule has 0 aromatic heterocycles. The normalized spacial score (nSPS) is 49.3. The van der Waals surface area contributed by atoms with Crippen LogP contribution in [0.4, 0.5) is 0 Å². The highest BCUT2D eigenvalue weighted by Crippen LogP contribution is 2.72. The van der Waals surface area contributed by atoms with E-state index in [9.17, 15) is 9.59 Å². The molecule has 4 rings (SSSR count). The molecule has 1 spiro atoms. The molecule has 4 aliphatic rings. The van der Waals surface area contributed by atoms with Crippen LogP contribution in [0.15, 0.2) is 0 Å². The van der Waals surface area contributed by atoms with Gasteiger partial charge in [0.25, 0.3) is 0 Å². The number of carbonyl (C=O) groups is 2. The van der Waals surface area contributed by atoms with Crippen LogP contribution in [0, 0.1) is 33.5 Å². The highest BCUT2D eigenvalue weighted by atomic mass is 16.2. The van der Waals surface area contributed by atoms with Gasteiger partial charge in [0.15, 0.2) is 0 Å². The van der Waals surface area contributed by atoms with E-state index in [-0.39, 0.29) is 33.1 Å². The predicted molar refractivity (Wildman–Crippen MR) is 108 cm³/mol. The number of Topliss-reactive ketones (excluding diaryl/α,β-unsaturated/α-hetero) is 1. The Morgan fingerprint density at radius 2 is 1.67 bits per heavy atom. The molecule has 3 nitrogen and oxygen atoms in total. The Kier molecular flexibility index (Phi) is 4.04. The summed E-state index contributed by atoms with van der Waals surface area (Å²) < 4.78 is 0. The summed E-state index contributed by atoms with van der Waals surface area (Å²) in [5, 5.41) is 3.30. The number of ketones is 1. The highest BCUT2D eigenvalue weighted by Gasteiger charge is 2.68. The molecule has 0 aromatic carbocycles. The van der Waals surface area contributed by atoms with Gasteiger partial charge in [0.1, 0.15) is 5.78 Å². The summed E-state index contributed by atoms with van der Waals surface area (Å²) in [5.74, 6) is 1.84. The molecular weight excluding hydrogens is 334 g/mol. The number of carbonyl (C=O) groups excluding carboxylic acids is 2. The van der Waals surface area contributed by atoms with E-state index < -0.39 is 0 Å². The van der Waals surface area contributed by atoms with Crippen LogP contribution in [-0.2, 0) is 9.59 Å². The molecule has 0 radical (unpaired) electrons. The Hall–Kier alpha value is -0.860. The Balaban J connectivity index is 1.68. The van der Waals surface area contributed by atoms with Gasteiger partial charge in [0, 0.05) is 22.8 Å². The van der Waals surface area contributed by atoms with E-state index in [0.29, 0.717) is 17.6 Å². The fourth-order valence-electron chi connectivity index (χ4n) is 8.26. The largest absolute Gasteiger partial charge is 0.351 e. The molecule has 27 heavy (non-hydrogen) atoms. The smallest absolute Gasteiger partial charge is 0.226 e. The van der Waals surface area contributed by atoms with Gasteiger partial charge >= 0.3 is 0 Å². The third-order valence-corrected chi connectivity index (χ3v) is 9.36. The van der Waals surface area contributed by atoms with Crippen molar-refractivity contribution in [1.29, 1.82) is 0 Å². The van der Waals surface area contributed by atoms with Crippen molar-refractivity contribution in [3.05, 3.63) is 0 Å². The summed E-state index contributed by atoms with van der Waals surface area (Å²) in [6.45, 7) is 13.2. The van der Waals surface area contributed by atoms with Crippen molar-refractivity contribution in [3.8, 4) is 0 Å². The number of fused-ring (bicyclic) bond motifs is 3. The van der Waals surface area contributed by atoms with Crippen molar-refractivity contribution in [3.63, 3.8) is 0 Å². The molecule has 0 aromatic rings. The highest BCUT2D eigenvalue weighted by molar-refractivity contribution is 5.88. The van der Waals surface area contributed by atoms with Crippen LogP contribution >= 0.6 is 0 Å². The maximum absolute atomic E-state index is 13.4. The van der Waals surface area contributed by atoms with Gasteiger partial charge < -0.3 is 5.32 Å². The third kappa shape index (κ3) is 2.66. The summed E-state index contributed by atoms with van der Waals surface area (Å²) in [6.07, 6.45) is 9.80. The van der Waals surface area contributed by atoms with E-state index >= 15 is 0 Å². The minimum Gasteiger partial charge on any atom is -0.351 e. The number of nitrogens with one attached hydrogen (secondary N) is 1. The van der Waals surface area contributed by atoms with Crippen molar-refractivity contribution in [1.82, 2.24) is 5.32 Å². The van der Waals surface area contributed by atoms with Crippen LogP contribution in [0.3, 0.4) is 0 Å². The fraction of sp³-hybridized carbons (Fsp3) is 0.917. The van der Waals surface area contributed by atoms with Gasteiger partial charge in [-0.25, -0.2) is 0 Å². The standard InChI is InChI=1S/C24H39NO2/c1-20(2,3)25-19(27)23(6)11-7-10-22(5)16(23)9-13-24-14-18(26)21(4,15-24)12-8-17(22)24/h16-17H,7-15H2,1-6H3,(H,25,27)/t16?,17?,21-,22+,23+,24-/m0/s1. The third-order valence-electron chi connectivity index (χ3n) is 9.36. The molecule has 2 bridgehead atoms. The second-order valence-electron chi connectivity index (χ2n) is 12.4. The molecule has 3 heteroatoms. The first-order valence-electron chi connectivity index (χ1n) is 11.2. The topological polar surface area (TPSA) is 46.2 Å². The Labute approximate surface area is 165 Å². The van der Waals surface area contributed by atoms with Crippen molar-refractivity contribution in [2.75, 3.05) is 0 Å². The second kappa shape index (κ2) is 5.60. The first kappa shape index (κ1) is 19.5. The van der Waals surface area contributed by atoms with E-state index in [0.717, 1.165) is 44.9 Å². The molecule has 0 heterocycles. The van der Waals surface area contributed by atoms with Crippen molar-refractivity contribution >= 4 is 11.7 Å². The van der Waals surface area contributed by atoms with Crippen molar-refractivity contribution in [2.24, 2.45) is 33.5 Å². The average Bonchev–Trinajstić information content (AvgIpc) is 2.70. The second-order valence-corrected chi connectivity index (χ2v) is 12.4. The van der Waals surface area contributed by atoms with Gasteiger partial charge in [-0.05, 0) is 88.4 Å². The van der Waals surface area contributed by atoms with E-state index in [4.69, 9.17) is 0 Å². The van der Waals surface area contributed by atoms with E-state index in [1.54, 1.807) is 0 Å². The first-order valence-corrected chi connectivity index (χ1v) is 11.2. The molecule has 0 saturated heterocycles. The van der Waals surface area contributed by atoms with Gasteiger partial charge in [-0.1, -0.05) is 27.2 Å². The monoisotopic (exact) mass is 373 g/mol. The van der Waals surface area contributed by atoms with Crippen LogP contribution in [0.2, 0.25) is 0 Å². The van der Waals surface area contributed by atoms with E-state index in [2.05, 4.69) is 46.9 Å². The predicted octanol–water partition coefficient (Wildman–Crippen LogP) is 5.27. The molecule has 4 fully saturated rings. The lowest BCUT2D eigenvalue weighted by Gasteiger charge is -2.64. The van der Waals surface area contributed by atoms with E-state index in [1.807, 2.05) is 0 Å². The van der Waals surface area contributed by atoms with Crippen LogP contribution in [-0.4, -0.2) is 17.2 Å². The number of amides is 1. The molecular formula is C24H39NO2. The maximum atomic E-state index is 13.4. The molecule has 4 saturated carbocycles. The van der Waals surface area contributed by atoms with Crippen molar-refractivity contribution < 1.29 is 9.59 Å².